The summed E-state index contributed by atoms with van der Waals surface area (Å²) in [6.07, 6.45) is 1.98. The van der Waals surface area contributed by atoms with Crippen LogP contribution >= 0.6 is 23.5 Å². The first-order valence-corrected chi connectivity index (χ1v) is 11.1. The molecule has 1 saturated heterocycles. The average molecular weight is 447 g/mol. The zero-order valence-corrected chi connectivity index (χ0v) is 17.2. The van der Waals surface area contributed by atoms with E-state index in [9.17, 15) is 24.6 Å². The van der Waals surface area contributed by atoms with Crippen LogP contribution < -0.4 is 5.32 Å². The van der Waals surface area contributed by atoms with Crippen molar-refractivity contribution in [2.75, 3.05) is 5.75 Å². The third-order valence-electron chi connectivity index (χ3n) is 4.77. The van der Waals surface area contributed by atoms with E-state index < -0.39 is 35.3 Å². The van der Waals surface area contributed by atoms with Crippen LogP contribution in [-0.4, -0.2) is 60.3 Å². The average Bonchev–Trinajstić information content (AvgIpc) is 3.28. The molecule has 4 rings (SSSR count). The molecule has 2 aliphatic heterocycles. The molecule has 11 heteroatoms. The number of aromatic amines is 1. The number of fused-ring (bicyclic) bond motifs is 1. The molecule has 9 nitrogen and oxygen atoms in total. The zero-order chi connectivity index (χ0) is 21.3. The molecule has 2 amide bonds. The highest BCUT2D eigenvalue weighted by Crippen LogP contribution is 2.44. The molecule has 0 aliphatic carbocycles. The van der Waals surface area contributed by atoms with Gasteiger partial charge in [-0.1, -0.05) is 30.3 Å². The number of aliphatic hydroxyl groups excluding tert-OH is 1. The first kappa shape index (κ1) is 20.5. The minimum absolute atomic E-state index is 0.0497. The molecule has 1 fully saturated rings. The maximum atomic E-state index is 12.7. The Morgan fingerprint density at radius 3 is 2.80 bits per heavy atom. The minimum Gasteiger partial charge on any atom is -0.477 e. The number of hydrogen-bond donors (Lipinski definition) is 4. The van der Waals surface area contributed by atoms with E-state index in [2.05, 4.69) is 15.5 Å². The Morgan fingerprint density at radius 1 is 1.37 bits per heavy atom. The fraction of sp³-hybridized carbons (Fsp3) is 0.263. The van der Waals surface area contributed by atoms with Crippen LogP contribution in [0.5, 0.6) is 0 Å². The van der Waals surface area contributed by atoms with Crippen LogP contribution in [0.3, 0.4) is 0 Å². The number of amides is 2. The number of β-lactam (4-membered cyclic amide) rings is 1. The number of rotatable bonds is 7. The quantitative estimate of drug-likeness (QED) is 0.464. The third kappa shape index (κ3) is 3.83. The Hall–Kier alpha value is -2.76. The van der Waals surface area contributed by atoms with Gasteiger partial charge in [-0.3, -0.25) is 19.6 Å². The molecule has 0 saturated carbocycles. The van der Waals surface area contributed by atoms with E-state index in [4.69, 9.17) is 0 Å². The lowest BCUT2D eigenvalue weighted by Crippen LogP contribution is -2.70. The molecule has 0 radical (unpaired) electrons. The molecule has 0 unspecified atom stereocenters. The number of aromatic nitrogens is 2. The number of H-pyrrole nitrogens is 1. The van der Waals surface area contributed by atoms with E-state index in [1.807, 2.05) is 0 Å². The fourth-order valence-corrected chi connectivity index (χ4v) is 5.80. The summed E-state index contributed by atoms with van der Waals surface area (Å²) in [5.74, 6) is -1.44. The smallest absolute Gasteiger partial charge is 0.353 e. The van der Waals surface area contributed by atoms with Gasteiger partial charge in [-0.05, 0) is 5.56 Å². The Morgan fingerprint density at radius 2 is 2.13 bits per heavy atom. The number of aliphatic hydroxyl groups is 1. The van der Waals surface area contributed by atoms with Crippen molar-refractivity contribution in [1.29, 1.82) is 0 Å². The number of carboxylic acid groups (broad SMARTS) is 1. The first-order chi connectivity index (χ1) is 14.5. The number of nitrogens with one attached hydrogen (secondary N) is 2. The van der Waals surface area contributed by atoms with Crippen LogP contribution in [0.15, 0.2) is 53.3 Å². The lowest BCUT2D eigenvalue weighted by atomic mass is 10.0. The molecule has 3 heterocycles. The molecule has 30 heavy (non-hydrogen) atoms. The summed E-state index contributed by atoms with van der Waals surface area (Å²) in [5, 5.41) is 28.5. The third-order valence-corrected chi connectivity index (χ3v) is 7.39. The summed E-state index contributed by atoms with van der Waals surface area (Å²) in [6.45, 7) is 0. The fourth-order valence-electron chi connectivity index (χ4n) is 3.25. The summed E-state index contributed by atoms with van der Waals surface area (Å²) in [7, 11) is 0. The van der Waals surface area contributed by atoms with E-state index in [-0.39, 0.29) is 5.70 Å². The molecule has 0 spiro atoms. The molecule has 2 aromatic rings. The van der Waals surface area contributed by atoms with E-state index in [1.165, 1.54) is 28.4 Å². The Kier molecular flexibility index (Phi) is 5.84. The second-order valence-corrected chi connectivity index (χ2v) is 8.86. The molecule has 4 N–H and O–H groups in total. The number of carbonyl (C=O) groups is 3. The summed E-state index contributed by atoms with van der Waals surface area (Å²) >= 11 is 2.73. The summed E-state index contributed by atoms with van der Waals surface area (Å²) in [5.41, 5.74) is 1.28. The van der Waals surface area contributed by atoms with Gasteiger partial charge in [-0.15, -0.1) is 23.5 Å². The molecular weight excluding hydrogens is 428 g/mol. The molecule has 156 valence electrons. The number of hydrogen-bond acceptors (Lipinski definition) is 7. The second-order valence-electron chi connectivity index (χ2n) is 6.68. The van der Waals surface area contributed by atoms with Gasteiger partial charge in [0.05, 0.1) is 6.20 Å². The molecular formula is C19H18N4O5S2. The van der Waals surface area contributed by atoms with Gasteiger partial charge >= 0.3 is 5.97 Å². The van der Waals surface area contributed by atoms with Crippen molar-refractivity contribution in [3.05, 3.63) is 64.5 Å². The van der Waals surface area contributed by atoms with Crippen LogP contribution in [0.4, 0.5) is 0 Å². The van der Waals surface area contributed by atoms with Crippen LogP contribution in [-0.2, 0) is 20.1 Å². The molecule has 0 bridgehead atoms. The Bertz CT molecular complexity index is 996. The predicted octanol–water partition coefficient (Wildman–Crippen LogP) is 1.07. The van der Waals surface area contributed by atoms with Crippen molar-refractivity contribution < 1.29 is 24.6 Å². The minimum atomic E-state index is -1.41. The standard InChI is InChI=1S/C19H18N4O5S2/c24-15(11-4-2-1-3-5-11)16(25)22-13-17(26)23-14(19(27)28)12(9-30-18(13)23)29-8-10-6-20-21-7-10/h1-7,13,15,18,24H,8-9H2,(H,20,21)(H,22,25)(H,27,28)/t13-,15+,18-/m1/s1. The maximum absolute atomic E-state index is 12.7. The topological polar surface area (TPSA) is 136 Å². The number of carboxylic acids is 1. The van der Waals surface area contributed by atoms with Crippen LogP contribution in [0.2, 0.25) is 0 Å². The van der Waals surface area contributed by atoms with Crippen LogP contribution in [0, 0.1) is 0 Å². The number of carbonyl (C=O) groups excluding carboxylic acids is 2. The number of aliphatic carboxylic acids is 1. The molecule has 2 aliphatic rings. The zero-order valence-electron chi connectivity index (χ0n) is 15.5. The highest BCUT2D eigenvalue weighted by molar-refractivity contribution is 8.05. The molecule has 1 aromatic carbocycles. The number of nitrogens with zero attached hydrogens (tertiary/aromatic N) is 2. The largest absolute Gasteiger partial charge is 0.477 e. The van der Waals surface area contributed by atoms with E-state index >= 15 is 0 Å². The van der Waals surface area contributed by atoms with Crippen molar-refractivity contribution in [3.8, 4) is 0 Å². The van der Waals surface area contributed by atoms with Gasteiger partial charge in [0.1, 0.15) is 17.1 Å². The Balaban J connectivity index is 1.46. The lowest BCUT2D eigenvalue weighted by molar-refractivity contribution is -0.151. The molecule has 1 aromatic heterocycles. The van der Waals surface area contributed by atoms with Crippen molar-refractivity contribution in [2.45, 2.75) is 23.3 Å². The van der Waals surface area contributed by atoms with Gasteiger partial charge in [0.15, 0.2) is 6.10 Å². The van der Waals surface area contributed by atoms with Crippen molar-refractivity contribution >= 4 is 41.3 Å². The lowest BCUT2D eigenvalue weighted by Gasteiger charge is -2.49. The van der Waals surface area contributed by atoms with Gasteiger partial charge < -0.3 is 15.5 Å². The predicted molar refractivity (Wildman–Crippen MR) is 111 cm³/mol. The van der Waals surface area contributed by atoms with Gasteiger partial charge in [0.25, 0.3) is 11.8 Å². The van der Waals surface area contributed by atoms with Gasteiger partial charge in [0, 0.05) is 28.2 Å². The normalized spacial score (nSPS) is 21.6. The molecule has 3 atom stereocenters. The van der Waals surface area contributed by atoms with Crippen molar-refractivity contribution in [3.63, 3.8) is 0 Å². The van der Waals surface area contributed by atoms with Gasteiger partial charge in [0.2, 0.25) is 0 Å². The van der Waals surface area contributed by atoms with Crippen LogP contribution in [0.1, 0.15) is 17.2 Å². The SMILES string of the molecule is O=C(O)C1=C(SCc2cn[nH]c2)CS[C@@H]2[C@H](NC(=O)[C@@H](O)c3ccccc3)C(=O)N12. The summed E-state index contributed by atoms with van der Waals surface area (Å²) in [4.78, 5) is 38.7. The van der Waals surface area contributed by atoms with E-state index in [1.54, 1.807) is 42.7 Å². The highest BCUT2D eigenvalue weighted by atomic mass is 32.2. The van der Waals surface area contributed by atoms with Gasteiger partial charge in [-0.2, -0.15) is 5.10 Å². The Labute approximate surface area is 179 Å². The van der Waals surface area contributed by atoms with Crippen molar-refractivity contribution in [1.82, 2.24) is 20.4 Å². The summed E-state index contributed by atoms with van der Waals surface area (Å²) < 4.78 is 0. The van der Waals surface area contributed by atoms with E-state index in [0.717, 1.165) is 5.56 Å². The second kappa shape index (κ2) is 8.54. The van der Waals surface area contributed by atoms with Gasteiger partial charge in [-0.25, -0.2) is 4.79 Å². The first-order valence-electron chi connectivity index (χ1n) is 9.02. The maximum Gasteiger partial charge on any atom is 0.353 e. The monoisotopic (exact) mass is 446 g/mol. The van der Waals surface area contributed by atoms with Crippen LogP contribution in [0.25, 0.3) is 0 Å². The van der Waals surface area contributed by atoms with Crippen molar-refractivity contribution in [2.24, 2.45) is 0 Å². The summed E-state index contributed by atoms with van der Waals surface area (Å²) in [6, 6.07) is 7.52. The number of thioether (sulfide) groups is 2. The highest BCUT2D eigenvalue weighted by Gasteiger charge is 2.54. The van der Waals surface area contributed by atoms with E-state index in [0.29, 0.717) is 22.0 Å². The number of benzene rings is 1.